The number of carbonyl (C=O) groups is 1. The van der Waals surface area contributed by atoms with Crippen LogP contribution < -0.4 is 4.72 Å². The summed E-state index contributed by atoms with van der Waals surface area (Å²) in [7, 11) is -3.53. The molecule has 32 heavy (non-hydrogen) atoms. The molecule has 0 aromatic rings. The first-order chi connectivity index (χ1) is 15.2. The van der Waals surface area contributed by atoms with Gasteiger partial charge in [-0.3, -0.25) is 9.52 Å². The summed E-state index contributed by atoms with van der Waals surface area (Å²) in [6.07, 6.45) is 13.1. The van der Waals surface area contributed by atoms with Crippen LogP contribution in [0.5, 0.6) is 0 Å². The van der Waals surface area contributed by atoms with Gasteiger partial charge in [-0.1, -0.05) is 63.8 Å². The Labute approximate surface area is 194 Å². The van der Waals surface area contributed by atoms with E-state index in [0.717, 1.165) is 25.7 Å². The number of sulfonamides is 1. The molecule has 1 fully saturated rings. The Balaban J connectivity index is 2.40. The van der Waals surface area contributed by atoms with E-state index in [-0.39, 0.29) is 24.0 Å². The van der Waals surface area contributed by atoms with E-state index in [1.807, 2.05) is 25.2 Å². The molecular formula is C24H43NO6S. The number of allylic oxidation sites excluding steroid dienone is 2. The Morgan fingerprint density at radius 1 is 1.06 bits per heavy atom. The zero-order valence-electron chi connectivity index (χ0n) is 19.7. The van der Waals surface area contributed by atoms with Gasteiger partial charge in [-0.15, -0.1) is 0 Å². The van der Waals surface area contributed by atoms with Crippen LogP contribution in [0.25, 0.3) is 0 Å². The third kappa shape index (κ3) is 11.6. The smallest absolute Gasteiger partial charge is 0.234 e. The summed E-state index contributed by atoms with van der Waals surface area (Å²) in [5.74, 6) is -0.829. The molecule has 1 aliphatic rings. The first-order valence-corrected chi connectivity index (χ1v) is 13.8. The molecular weight excluding hydrogens is 430 g/mol. The maximum Gasteiger partial charge on any atom is 0.234 e. The Kier molecular flexibility index (Phi) is 14.0. The van der Waals surface area contributed by atoms with Gasteiger partial charge in [0.25, 0.3) is 0 Å². The number of hydrogen-bond acceptors (Lipinski definition) is 6. The molecule has 0 heterocycles. The van der Waals surface area contributed by atoms with Crippen LogP contribution in [0, 0.1) is 11.8 Å². The lowest BCUT2D eigenvalue weighted by Crippen LogP contribution is -2.32. The molecule has 5 atom stereocenters. The molecule has 0 aliphatic heterocycles. The van der Waals surface area contributed by atoms with Crippen LogP contribution in [0.2, 0.25) is 0 Å². The lowest BCUT2D eigenvalue weighted by molar-refractivity contribution is -0.119. The number of unbranched alkanes of at least 4 members (excludes halogenated alkanes) is 4. The molecule has 4 N–H and O–H groups in total. The third-order valence-corrected chi connectivity index (χ3v) is 7.33. The molecule has 1 aliphatic carbocycles. The van der Waals surface area contributed by atoms with Crippen LogP contribution in [0.15, 0.2) is 24.3 Å². The van der Waals surface area contributed by atoms with Gasteiger partial charge < -0.3 is 15.3 Å². The van der Waals surface area contributed by atoms with E-state index in [1.165, 1.54) is 0 Å². The molecule has 186 valence electrons. The minimum atomic E-state index is -3.53. The average Bonchev–Trinajstić information content (AvgIpc) is 2.99. The second-order valence-corrected chi connectivity index (χ2v) is 10.7. The summed E-state index contributed by atoms with van der Waals surface area (Å²) in [5.41, 5.74) is 0. The largest absolute Gasteiger partial charge is 0.393 e. The van der Waals surface area contributed by atoms with E-state index >= 15 is 0 Å². The molecule has 0 aromatic heterocycles. The van der Waals surface area contributed by atoms with Gasteiger partial charge in [0.15, 0.2) is 0 Å². The summed E-state index contributed by atoms with van der Waals surface area (Å²) in [4.78, 5) is 11.8. The van der Waals surface area contributed by atoms with E-state index in [4.69, 9.17) is 0 Å². The highest BCUT2D eigenvalue weighted by molar-refractivity contribution is 7.90. The van der Waals surface area contributed by atoms with Gasteiger partial charge in [-0.25, -0.2) is 8.42 Å². The maximum atomic E-state index is 11.8. The van der Waals surface area contributed by atoms with Gasteiger partial charge in [-0.05, 0) is 38.0 Å². The highest BCUT2D eigenvalue weighted by Gasteiger charge is 2.39. The van der Waals surface area contributed by atoms with Crippen LogP contribution in [0.4, 0.5) is 0 Å². The third-order valence-electron chi connectivity index (χ3n) is 5.96. The standard InChI is InChI=1S/C24H43NO6S/c1-3-5-9-12-19(26)15-16-21-20(22(27)18-23(21)28)13-10-7-8-11-14-24(29)25-32(30,31)17-6-4-2/h7,10,15-16,19-23,26-28H,3-6,8-9,11-14,17-18H2,1-2H3,(H,25,29)/b10-7-,16-15+/t19-,20+,21+,22-,23+/m0/s1. The molecule has 0 spiro atoms. The summed E-state index contributed by atoms with van der Waals surface area (Å²) in [5, 5.41) is 30.7. The van der Waals surface area contributed by atoms with Crippen molar-refractivity contribution in [3.05, 3.63) is 24.3 Å². The van der Waals surface area contributed by atoms with E-state index in [1.54, 1.807) is 6.08 Å². The fourth-order valence-corrected chi connectivity index (χ4v) is 5.24. The second kappa shape index (κ2) is 15.6. The number of aliphatic hydroxyl groups is 3. The van der Waals surface area contributed by atoms with E-state index < -0.39 is 34.2 Å². The molecule has 0 saturated heterocycles. The molecule has 0 aromatic carbocycles. The van der Waals surface area contributed by atoms with Crippen molar-refractivity contribution in [2.75, 3.05) is 5.75 Å². The summed E-state index contributed by atoms with van der Waals surface area (Å²) >= 11 is 0. The lowest BCUT2D eigenvalue weighted by Gasteiger charge is -2.19. The van der Waals surface area contributed by atoms with Gasteiger partial charge >= 0.3 is 0 Å². The van der Waals surface area contributed by atoms with Crippen molar-refractivity contribution < 1.29 is 28.5 Å². The van der Waals surface area contributed by atoms with E-state index in [0.29, 0.717) is 38.5 Å². The Bertz CT molecular complexity index is 691. The predicted octanol–water partition coefficient (Wildman–Crippen LogP) is 3.20. The first-order valence-electron chi connectivity index (χ1n) is 12.1. The van der Waals surface area contributed by atoms with Crippen molar-refractivity contribution in [1.82, 2.24) is 4.72 Å². The Hall–Kier alpha value is -1.22. The number of carbonyl (C=O) groups excluding carboxylic acids is 1. The zero-order chi connectivity index (χ0) is 24.0. The lowest BCUT2D eigenvalue weighted by atomic mass is 9.89. The fraction of sp³-hybridized carbons (Fsp3) is 0.792. The summed E-state index contributed by atoms with van der Waals surface area (Å²) < 4.78 is 25.5. The van der Waals surface area contributed by atoms with Gasteiger partial charge in [0, 0.05) is 18.8 Å². The Morgan fingerprint density at radius 3 is 2.47 bits per heavy atom. The summed E-state index contributed by atoms with van der Waals surface area (Å²) in [6.45, 7) is 4.01. The number of amides is 1. The fourth-order valence-electron chi connectivity index (χ4n) is 4.02. The van der Waals surface area contributed by atoms with Crippen LogP contribution in [-0.4, -0.2) is 53.7 Å². The zero-order valence-corrected chi connectivity index (χ0v) is 20.5. The van der Waals surface area contributed by atoms with Crippen LogP contribution in [-0.2, 0) is 14.8 Å². The molecule has 7 nitrogen and oxygen atoms in total. The minimum absolute atomic E-state index is 0.0317. The minimum Gasteiger partial charge on any atom is -0.393 e. The van der Waals surface area contributed by atoms with Gasteiger partial charge in [0.1, 0.15) is 0 Å². The topological polar surface area (TPSA) is 124 Å². The molecule has 1 saturated carbocycles. The average molecular weight is 474 g/mol. The number of rotatable bonds is 16. The Morgan fingerprint density at radius 2 is 1.78 bits per heavy atom. The highest BCUT2D eigenvalue weighted by Crippen LogP contribution is 2.36. The van der Waals surface area contributed by atoms with Gasteiger partial charge in [-0.2, -0.15) is 0 Å². The van der Waals surface area contributed by atoms with E-state index in [9.17, 15) is 28.5 Å². The monoisotopic (exact) mass is 473 g/mol. The predicted molar refractivity (Wildman–Crippen MR) is 127 cm³/mol. The molecule has 0 bridgehead atoms. The molecule has 0 unspecified atom stereocenters. The van der Waals surface area contributed by atoms with E-state index in [2.05, 4.69) is 11.6 Å². The number of aliphatic hydroxyl groups excluding tert-OH is 3. The van der Waals surface area contributed by atoms with Crippen LogP contribution >= 0.6 is 0 Å². The van der Waals surface area contributed by atoms with Crippen LogP contribution in [0.1, 0.15) is 84.5 Å². The van der Waals surface area contributed by atoms with Crippen LogP contribution in [0.3, 0.4) is 0 Å². The highest BCUT2D eigenvalue weighted by atomic mass is 32.2. The summed E-state index contributed by atoms with van der Waals surface area (Å²) in [6, 6.07) is 0. The molecule has 0 radical (unpaired) electrons. The van der Waals surface area contributed by atoms with Crippen molar-refractivity contribution in [1.29, 1.82) is 0 Å². The normalized spacial score (nSPS) is 25.0. The van der Waals surface area contributed by atoms with Crippen molar-refractivity contribution in [2.45, 2.75) is 103 Å². The molecule has 8 heteroatoms. The van der Waals surface area contributed by atoms with Gasteiger partial charge in [0.2, 0.25) is 15.9 Å². The maximum absolute atomic E-state index is 11.8. The quantitative estimate of drug-likeness (QED) is 0.202. The number of nitrogens with one attached hydrogen (secondary N) is 1. The first kappa shape index (κ1) is 28.8. The van der Waals surface area contributed by atoms with Crippen molar-refractivity contribution in [3.8, 4) is 0 Å². The second-order valence-electron chi connectivity index (χ2n) is 8.86. The van der Waals surface area contributed by atoms with Crippen molar-refractivity contribution in [3.63, 3.8) is 0 Å². The molecule has 1 amide bonds. The number of hydrogen-bond donors (Lipinski definition) is 4. The van der Waals surface area contributed by atoms with Crippen molar-refractivity contribution >= 4 is 15.9 Å². The van der Waals surface area contributed by atoms with Crippen molar-refractivity contribution in [2.24, 2.45) is 11.8 Å². The SMILES string of the molecule is CCCCC[C@H](O)/C=C/[C@@H]1[C@@H](C/C=C\CCCC(=O)NS(=O)(=O)CCCC)[C@@H](O)C[C@H]1O. The van der Waals surface area contributed by atoms with Gasteiger partial charge in [0.05, 0.1) is 24.1 Å². The molecule has 1 rings (SSSR count).